The van der Waals surface area contributed by atoms with E-state index in [-0.39, 0.29) is 18.2 Å². The van der Waals surface area contributed by atoms with Crippen LogP contribution in [-0.2, 0) is 0 Å². The molecule has 2 rings (SSSR count). The van der Waals surface area contributed by atoms with Gasteiger partial charge < -0.3 is 5.11 Å². The Morgan fingerprint density at radius 2 is 1.67 bits per heavy atom. The van der Waals surface area contributed by atoms with Crippen LogP contribution in [0.5, 0.6) is 0 Å². The summed E-state index contributed by atoms with van der Waals surface area (Å²) in [6.07, 6.45) is 3.24. The fourth-order valence-electron chi connectivity index (χ4n) is 2.83. The van der Waals surface area contributed by atoms with Gasteiger partial charge in [0.15, 0.2) is 11.6 Å². The van der Waals surface area contributed by atoms with Gasteiger partial charge in [0.2, 0.25) is 0 Å². The molecule has 3 heteroatoms. The number of Topliss-reactive ketones (excluding diaryl/α,β-unsaturated/α-hetero) is 2. The van der Waals surface area contributed by atoms with Crippen molar-refractivity contribution < 1.29 is 14.7 Å². The van der Waals surface area contributed by atoms with Crippen LogP contribution in [-0.4, -0.2) is 23.3 Å². The van der Waals surface area contributed by atoms with Gasteiger partial charge >= 0.3 is 0 Å². The average Bonchev–Trinajstić information content (AvgIpc) is 2.50. The fraction of sp³-hybridized carbons (Fsp3) is 0.444. The van der Waals surface area contributed by atoms with E-state index in [1.807, 2.05) is 0 Å². The van der Waals surface area contributed by atoms with E-state index in [9.17, 15) is 9.59 Å². The number of hydrogen-bond acceptors (Lipinski definition) is 3. The molecule has 1 aromatic carbocycles. The van der Waals surface area contributed by atoms with Crippen LogP contribution in [0.25, 0.3) is 0 Å². The molecule has 1 unspecified atom stereocenters. The Balaban J connectivity index is 2.15. The lowest BCUT2D eigenvalue weighted by molar-refractivity contribution is 0.0971. The third kappa shape index (κ3) is 3.30. The standard InChI is InChI=1S/C18H22O3/c1-12(6-5-11-19)9-10-14-13(2)17(20)15-7-3-4-8-16(15)18(14)21/h3-4,7-8,12,19H,5-6,9-11H2,1-2H3. The zero-order valence-electron chi connectivity index (χ0n) is 12.7. The van der Waals surface area contributed by atoms with E-state index in [4.69, 9.17) is 5.11 Å². The van der Waals surface area contributed by atoms with Crippen LogP contribution in [0, 0.1) is 5.92 Å². The Morgan fingerprint density at radius 1 is 1.05 bits per heavy atom. The molecule has 1 N–H and O–H groups in total. The number of benzene rings is 1. The van der Waals surface area contributed by atoms with Gasteiger partial charge in [0.25, 0.3) is 0 Å². The minimum Gasteiger partial charge on any atom is -0.396 e. The van der Waals surface area contributed by atoms with Gasteiger partial charge in [0, 0.05) is 28.9 Å². The van der Waals surface area contributed by atoms with Crippen molar-refractivity contribution in [2.75, 3.05) is 6.61 Å². The first-order chi connectivity index (χ1) is 10.1. The van der Waals surface area contributed by atoms with E-state index in [2.05, 4.69) is 6.92 Å². The van der Waals surface area contributed by atoms with Crippen LogP contribution in [0.3, 0.4) is 0 Å². The third-order valence-corrected chi connectivity index (χ3v) is 4.23. The number of allylic oxidation sites excluding steroid dienone is 2. The van der Waals surface area contributed by atoms with Gasteiger partial charge in [-0.15, -0.1) is 0 Å². The van der Waals surface area contributed by atoms with Gasteiger partial charge in [-0.05, 0) is 38.5 Å². The van der Waals surface area contributed by atoms with Crippen LogP contribution < -0.4 is 0 Å². The normalized spacial score (nSPS) is 16.1. The lowest BCUT2D eigenvalue weighted by atomic mass is 9.82. The highest BCUT2D eigenvalue weighted by Crippen LogP contribution is 2.29. The summed E-state index contributed by atoms with van der Waals surface area (Å²) in [5.74, 6) is 0.415. The Hall–Kier alpha value is -1.74. The predicted molar refractivity (Wildman–Crippen MR) is 82.5 cm³/mol. The maximum Gasteiger partial charge on any atom is 0.190 e. The van der Waals surface area contributed by atoms with Crippen molar-refractivity contribution >= 4 is 11.6 Å². The van der Waals surface area contributed by atoms with Crippen LogP contribution in [0.15, 0.2) is 35.4 Å². The van der Waals surface area contributed by atoms with Crippen molar-refractivity contribution in [2.24, 2.45) is 5.92 Å². The molecule has 0 spiro atoms. The van der Waals surface area contributed by atoms with E-state index in [1.165, 1.54) is 0 Å². The highest BCUT2D eigenvalue weighted by molar-refractivity contribution is 6.26. The summed E-state index contributed by atoms with van der Waals surface area (Å²) in [5, 5.41) is 8.85. The zero-order chi connectivity index (χ0) is 15.4. The highest BCUT2D eigenvalue weighted by Gasteiger charge is 2.29. The van der Waals surface area contributed by atoms with Gasteiger partial charge in [-0.25, -0.2) is 0 Å². The summed E-state index contributed by atoms with van der Waals surface area (Å²) >= 11 is 0. The minimum absolute atomic E-state index is 0.00272. The van der Waals surface area contributed by atoms with Crippen LogP contribution in [0.4, 0.5) is 0 Å². The second-order valence-corrected chi connectivity index (χ2v) is 5.82. The highest BCUT2D eigenvalue weighted by atomic mass is 16.2. The number of fused-ring (bicyclic) bond motifs is 1. The SMILES string of the molecule is CC1=C(CCC(C)CCCO)C(=O)c2ccccc2C1=O. The largest absolute Gasteiger partial charge is 0.396 e. The molecule has 0 radical (unpaired) electrons. The molecule has 1 aliphatic carbocycles. The summed E-state index contributed by atoms with van der Waals surface area (Å²) < 4.78 is 0. The summed E-state index contributed by atoms with van der Waals surface area (Å²) in [7, 11) is 0. The number of rotatable bonds is 6. The summed E-state index contributed by atoms with van der Waals surface area (Å²) in [6, 6.07) is 7.04. The molecule has 0 fully saturated rings. The molecule has 0 bridgehead atoms. The van der Waals surface area contributed by atoms with Gasteiger partial charge in [0.1, 0.15) is 0 Å². The van der Waals surface area contributed by atoms with Gasteiger partial charge in [-0.3, -0.25) is 9.59 Å². The van der Waals surface area contributed by atoms with Crippen LogP contribution in [0.2, 0.25) is 0 Å². The molecule has 1 atom stereocenters. The smallest absolute Gasteiger partial charge is 0.190 e. The third-order valence-electron chi connectivity index (χ3n) is 4.23. The number of carbonyl (C=O) groups excluding carboxylic acids is 2. The molecule has 0 aromatic heterocycles. The molecule has 112 valence electrons. The summed E-state index contributed by atoms with van der Waals surface area (Å²) in [4.78, 5) is 24.9. The first kappa shape index (κ1) is 15.6. The number of carbonyl (C=O) groups is 2. The molecule has 3 nitrogen and oxygen atoms in total. The van der Waals surface area contributed by atoms with Crippen molar-refractivity contribution in [3.8, 4) is 0 Å². The van der Waals surface area contributed by atoms with Gasteiger partial charge in [0.05, 0.1) is 0 Å². The second-order valence-electron chi connectivity index (χ2n) is 5.82. The molecular weight excluding hydrogens is 264 g/mol. The molecule has 21 heavy (non-hydrogen) atoms. The molecule has 0 saturated heterocycles. The minimum atomic E-state index is -0.0248. The van der Waals surface area contributed by atoms with Crippen molar-refractivity contribution in [1.82, 2.24) is 0 Å². The Kier molecular flexibility index (Phi) is 5.07. The van der Waals surface area contributed by atoms with Crippen molar-refractivity contribution in [1.29, 1.82) is 0 Å². The molecule has 1 aromatic rings. The Labute approximate surface area is 125 Å². The van der Waals surface area contributed by atoms with Gasteiger partial charge in [-0.1, -0.05) is 31.2 Å². The number of hydrogen-bond donors (Lipinski definition) is 1. The molecular formula is C18H22O3. The molecule has 0 amide bonds. The van der Waals surface area contributed by atoms with Gasteiger partial charge in [-0.2, -0.15) is 0 Å². The topological polar surface area (TPSA) is 54.4 Å². The lowest BCUT2D eigenvalue weighted by Gasteiger charge is -2.20. The Morgan fingerprint density at radius 3 is 2.29 bits per heavy atom. The van der Waals surface area contributed by atoms with Crippen molar-refractivity contribution in [2.45, 2.75) is 39.5 Å². The predicted octanol–water partition coefficient (Wildman–Crippen LogP) is 3.57. The van der Waals surface area contributed by atoms with Crippen LogP contribution >= 0.6 is 0 Å². The van der Waals surface area contributed by atoms with E-state index in [0.29, 0.717) is 34.6 Å². The molecule has 0 aliphatic heterocycles. The second kappa shape index (κ2) is 6.81. The van der Waals surface area contributed by atoms with Crippen molar-refractivity contribution in [3.05, 3.63) is 46.5 Å². The maximum atomic E-state index is 12.5. The van der Waals surface area contributed by atoms with E-state index >= 15 is 0 Å². The monoisotopic (exact) mass is 286 g/mol. The summed E-state index contributed by atoms with van der Waals surface area (Å²) in [6.45, 7) is 4.08. The summed E-state index contributed by atoms with van der Waals surface area (Å²) in [5.41, 5.74) is 2.31. The zero-order valence-corrected chi connectivity index (χ0v) is 12.7. The number of aliphatic hydroxyl groups excluding tert-OH is 1. The fourth-order valence-corrected chi connectivity index (χ4v) is 2.83. The lowest BCUT2D eigenvalue weighted by Crippen LogP contribution is -2.21. The van der Waals surface area contributed by atoms with E-state index in [0.717, 1.165) is 19.3 Å². The Bertz CT molecular complexity index is 584. The first-order valence-electron chi connectivity index (χ1n) is 7.55. The molecule has 0 heterocycles. The maximum absolute atomic E-state index is 12.5. The van der Waals surface area contributed by atoms with E-state index in [1.54, 1.807) is 31.2 Å². The van der Waals surface area contributed by atoms with Crippen LogP contribution in [0.1, 0.15) is 60.2 Å². The quantitative estimate of drug-likeness (QED) is 0.869. The van der Waals surface area contributed by atoms with E-state index < -0.39 is 0 Å². The number of aliphatic hydroxyl groups is 1. The van der Waals surface area contributed by atoms with Crippen molar-refractivity contribution in [3.63, 3.8) is 0 Å². The first-order valence-corrected chi connectivity index (χ1v) is 7.55. The average molecular weight is 286 g/mol. The molecule has 1 aliphatic rings. The number of ketones is 2. The molecule has 0 saturated carbocycles.